The highest BCUT2D eigenvalue weighted by Crippen LogP contribution is 2.31. The minimum atomic E-state index is -0.486. The fraction of sp³-hybridized carbons (Fsp3) is 0.0870. The standard InChI is InChI=1S/C23H19N3O3/c1-16-10-13-18(14-11-16)25-22(24-20-8-4-3-7-19(20)23(25)27)15-12-17-6-2-5-9-21(17)26(28)29/h2-15,22,24H,1H3/t22-/m1/s1. The van der Waals surface area contributed by atoms with Gasteiger partial charge >= 0.3 is 0 Å². The molecule has 0 fully saturated rings. The third-order valence-electron chi connectivity index (χ3n) is 4.86. The fourth-order valence-corrected chi connectivity index (χ4v) is 3.38. The van der Waals surface area contributed by atoms with E-state index in [0.29, 0.717) is 11.1 Å². The molecule has 29 heavy (non-hydrogen) atoms. The number of hydrogen-bond acceptors (Lipinski definition) is 4. The average Bonchev–Trinajstić information content (AvgIpc) is 2.73. The Morgan fingerprint density at radius 3 is 2.45 bits per heavy atom. The number of nitro benzene ring substituents is 1. The largest absolute Gasteiger partial charge is 0.361 e. The zero-order chi connectivity index (χ0) is 20.4. The number of benzene rings is 3. The van der Waals surface area contributed by atoms with Crippen molar-refractivity contribution in [2.45, 2.75) is 13.1 Å². The smallest absolute Gasteiger partial charge is 0.276 e. The van der Waals surface area contributed by atoms with Crippen molar-refractivity contribution >= 4 is 29.0 Å². The van der Waals surface area contributed by atoms with Crippen LogP contribution < -0.4 is 10.2 Å². The molecular formula is C23H19N3O3. The van der Waals surface area contributed by atoms with Gasteiger partial charge in [-0.2, -0.15) is 0 Å². The van der Waals surface area contributed by atoms with E-state index in [1.807, 2.05) is 49.4 Å². The summed E-state index contributed by atoms with van der Waals surface area (Å²) in [5.74, 6) is -0.125. The summed E-state index contributed by atoms with van der Waals surface area (Å²) in [4.78, 5) is 25.8. The van der Waals surface area contributed by atoms with E-state index in [0.717, 1.165) is 16.9 Å². The molecule has 3 aromatic carbocycles. The topological polar surface area (TPSA) is 75.5 Å². The zero-order valence-corrected chi connectivity index (χ0v) is 15.8. The summed E-state index contributed by atoms with van der Waals surface area (Å²) in [5.41, 5.74) is 3.67. The van der Waals surface area contributed by atoms with Crippen LogP contribution >= 0.6 is 0 Å². The van der Waals surface area contributed by atoms with Crippen LogP contribution in [-0.2, 0) is 0 Å². The number of carbonyl (C=O) groups is 1. The molecule has 0 bridgehead atoms. The minimum Gasteiger partial charge on any atom is -0.361 e. The van der Waals surface area contributed by atoms with E-state index in [2.05, 4.69) is 5.32 Å². The van der Waals surface area contributed by atoms with Crippen molar-refractivity contribution < 1.29 is 9.72 Å². The van der Waals surface area contributed by atoms with Crippen LogP contribution in [0, 0.1) is 17.0 Å². The normalized spacial score (nSPS) is 15.8. The molecule has 0 aliphatic carbocycles. The Kier molecular flexibility index (Phi) is 4.83. The number of carbonyl (C=O) groups excluding carboxylic acids is 1. The van der Waals surface area contributed by atoms with Gasteiger partial charge in [0, 0.05) is 17.4 Å². The predicted octanol–water partition coefficient (Wildman–Crippen LogP) is 5.02. The molecular weight excluding hydrogens is 366 g/mol. The maximum atomic E-state index is 13.2. The van der Waals surface area contributed by atoms with Gasteiger partial charge in [-0.1, -0.05) is 42.0 Å². The second-order valence-electron chi connectivity index (χ2n) is 6.82. The van der Waals surface area contributed by atoms with Crippen LogP contribution in [0.15, 0.2) is 78.9 Å². The van der Waals surface area contributed by atoms with Crippen molar-refractivity contribution in [1.82, 2.24) is 0 Å². The number of anilines is 2. The van der Waals surface area contributed by atoms with Gasteiger partial charge in [0.05, 0.1) is 16.1 Å². The minimum absolute atomic E-state index is 0.0215. The molecule has 0 aromatic heterocycles. The van der Waals surface area contributed by atoms with Gasteiger partial charge in [-0.15, -0.1) is 0 Å². The van der Waals surface area contributed by atoms with E-state index in [4.69, 9.17) is 0 Å². The van der Waals surface area contributed by atoms with Gasteiger partial charge in [0.1, 0.15) is 6.17 Å². The fourth-order valence-electron chi connectivity index (χ4n) is 3.38. The molecule has 0 saturated carbocycles. The molecule has 144 valence electrons. The van der Waals surface area contributed by atoms with Gasteiger partial charge in [-0.3, -0.25) is 19.8 Å². The molecule has 6 heteroatoms. The monoisotopic (exact) mass is 385 g/mol. The van der Waals surface area contributed by atoms with Crippen LogP contribution in [0.1, 0.15) is 21.5 Å². The molecule has 1 amide bonds. The first-order valence-electron chi connectivity index (χ1n) is 9.22. The van der Waals surface area contributed by atoms with Crippen LogP contribution in [0.3, 0.4) is 0 Å². The summed E-state index contributed by atoms with van der Waals surface area (Å²) >= 11 is 0. The van der Waals surface area contributed by atoms with Gasteiger partial charge in [0.2, 0.25) is 0 Å². The van der Waals surface area contributed by atoms with Crippen LogP contribution in [0.4, 0.5) is 17.1 Å². The van der Waals surface area contributed by atoms with Crippen LogP contribution in [0.25, 0.3) is 6.08 Å². The number of nitrogens with one attached hydrogen (secondary N) is 1. The number of fused-ring (bicyclic) bond motifs is 1. The number of hydrogen-bond donors (Lipinski definition) is 1. The van der Waals surface area contributed by atoms with Crippen molar-refractivity contribution in [3.8, 4) is 0 Å². The number of aryl methyl sites for hydroxylation is 1. The van der Waals surface area contributed by atoms with Crippen LogP contribution in [0.5, 0.6) is 0 Å². The quantitative estimate of drug-likeness (QED) is 0.506. The summed E-state index contributed by atoms with van der Waals surface area (Å²) in [6.45, 7) is 1.99. The third-order valence-corrected chi connectivity index (χ3v) is 4.86. The lowest BCUT2D eigenvalue weighted by molar-refractivity contribution is -0.385. The number of nitrogens with zero attached hydrogens (tertiary/aromatic N) is 2. The Labute approximate surface area is 168 Å². The highest BCUT2D eigenvalue weighted by atomic mass is 16.6. The van der Waals surface area contributed by atoms with Gasteiger partial charge in [-0.25, -0.2) is 0 Å². The molecule has 1 aliphatic rings. The van der Waals surface area contributed by atoms with Crippen molar-refractivity contribution in [1.29, 1.82) is 0 Å². The van der Waals surface area contributed by atoms with Crippen molar-refractivity contribution in [2.24, 2.45) is 0 Å². The molecule has 0 spiro atoms. The molecule has 3 aromatic rings. The molecule has 1 atom stereocenters. The van der Waals surface area contributed by atoms with Gasteiger partial charge < -0.3 is 5.32 Å². The SMILES string of the molecule is Cc1ccc(N2C(=O)c3ccccc3N[C@H]2C=Cc2ccccc2[N+](=O)[O-])cc1. The average molecular weight is 385 g/mol. The Bertz CT molecular complexity index is 1110. The maximum Gasteiger partial charge on any atom is 0.276 e. The highest BCUT2D eigenvalue weighted by Gasteiger charge is 2.31. The van der Waals surface area contributed by atoms with E-state index < -0.39 is 11.1 Å². The van der Waals surface area contributed by atoms with Crippen LogP contribution in [0.2, 0.25) is 0 Å². The van der Waals surface area contributed by atoms with Crippen molar-refractivity contribution in [3.63, 3.8) is 0 Å². The summed E-state index contributed by atoms with van der Waals surface area (Å²) in [6, 6.07) is 21.6. The van der Waals surface area contributed by atoms with E-state index in [1.165, 1.54) is 6.07 Å². The second kappa shape index (κ2) is 7.59. The Morgan fingerprint density at radius 1 is 1.00 bits per heavy atom. The molecule has 0 unspecified atom stereocenters. The molecule has 1 heterocycles. The van der Waals surface area contributed by atoms with E-state index in [1.54, 1.807) is 41.3 Å². The number of amides is 1. The highest BCUT2D eigenvalue weighted by molar-refractivity contribution is 6.12. The summed E-state index contributed by atoms with van der Waals surface area (Å²) in [5, 5.41) is 14.7. The predicted molar refractivity (Wildman–Crippen MR) is 114 cm³/mol. The van der Waals surface area contributed by atoms with Gasteiger partial charge in [-0.05, 0) is 49.4 Å². The number of para-hydroxylation sites is 2. The Morgan fingerprint density at radius 2 is 1.69 bits per heavy atom. The van der Waals surface area contributed by atoms with E-state index in [-0.39, 0.29) is 11.6 Å². The lowest BCUT2D eigenvalue weighted by Crippen LogP contribution is -2.48. The second-order valence-corrected chi connectivity index (χ2v) is 6.82. The lowest BCUT2D eigenvalue weighted by atomic mass is 10.0. The van der Waals surface area contributed by atoms with Gasteiger partial charge in [0.25, 0.3) is 11.6 Å². The lowest BCUT2D eigenvalue weighted by Gasteiger charge is -2.36. The first kappa shape index (κ1) is 18.4. The summed E-state index contributed by atoms with van der Waals surface area (Å²) in [7, 11) is 0. The first-order chi connectivity index (χ1) is 14.0. The van der Waals surface area contributed by atoms with Gasteiger partial charge in [0.15, 0.2) is 0 Å². The molecule has 6 nitrogen and oxygen atoms in total. The van der Waals surface area contributed by atoms with Crippen LogP contribution in [-0.4, -0.2) is 17.0 Å². The van der Waals surface area contributed by atoms with Crippen molar-refractivity contribution in [2.75, 3.05) is 10.2 Å². The molecule has 1 aliphatic heterocycles. The Hall–Kier alpha value is -3.93. The molecule has 4 rings (SSSR count). The summed E-state index contributed by atoms with van der Waals surface area (Å²) in [6.07, 6.45) is 2.97. The molecule has 0 radical (unpaired) electrons. The third kappa shape index (κ3) is 3.60. The number of nitro groups is 1. The van der Waals surface area contributed by atoms with E-state index >= 15 is 0 Å². The van der Waals surface area contributed by atoms with Crippen molar-refractivity contribution in [3.05, 3.63) is 106 Å². The summed E-state index contributed by atoms with van der Waals surface area (Å²) < 4.78 is 0. The molecule has 1 N–H and O–H groups in total. The zero-order valence-electron chi connectivity index (χ0n) is 15.8. The van der Waals surface area contributed by atoms with E-state index in [9.17, 15) is 14.9 Å². The molecule has 0 saturated heterocycles. The number of rotatable bonds is 4. The maximum absolute atomic E-state index is 13.2. The first-order valence-corrected chi connectivity index (χ1v) is 9.22. The Balaban J connectivity index is 1.76.